The molecule has 0 fully saturated rings. The molecule has 0 aliphatic heterocycles. The van der Waals surface area contributed by atoms with Crippen LogP contribution in [0.5, 0.6) is 5.75 Å². The van der Waals surface area contributed by atoms with E-state index >= 15 is 0 Å². The highest BCUT2D eigenvalue weighted by atomic mass is 16.6. The summed E-state index contributed by atoms with van der Waals surface area (Å²) < 4.78 is 9.83. The Hall–Kier alpha value is -3.62. The van der Waals surface area contributed by atoms with Crippen molar-refractivity contribution in [3.63, 3.8) is 0 Å². The van der Waals surface area contributed by atoms with Crippen LogP contribution in [0.2, 0.25) is 0 Å². The van der Waals surface area contributed by atoms with E-state index in [2.05, 4.69) is 5.32 Å². The number of nitrogens with zero attached hydrogens (tertiary/aromatic N) is 1. The second-order valence-electron chi connectivity index (χ2n) is 5.23. The van der Waals surface area contributed by atoms with Crippen molar-refractivity contribution in [3.05, 3.63) is 63.2 Å². The highest BCUT2D eigenvalue weighted by Crippen LogP contribution is 2.27. The number of rotatable bonds is 7. The summed E-state index contributed by atoms with van der Waals surface area (Å²) in [6, 6.07) is 8.80. The van der Waals surface area contributed by atoms with Gasteiger partial charge < -0.3 is 20.5 Å². The molecule has 0 aliphatic carbocycles. The molecule has 0 unspecified atom stereocenters. The number of carbonyl (C=O) groups is 2. The summed E-state index contributed by atoms with van der Waals surface area (Å²) in [4.78, 5) is 33.6. The van der Waals surface area contributed by atoms with Crippen LogP contribution in [0.4, 0.5) is 11.4 Å². The molecule has 2 aromatic carbocycles. The zero-order valence-electron chi connectivity index (χ0n) is 14.1. The van der Waals surface area contributed by atoms with Gasteiger partial charge >= 0.3 is 5.97 Å². The summed E-state index contributed by atoms with van der Waals surface area (Å²) in [7, 11) is 2.69. The summed E-state index contributed by atoms with van der Waals surface area (Å²) >= 11 is 0. The first-order valence-electron chi connectivity index (χ1n) is 7.44. The molecule has 0 aromatic heterocycles. The topological polar surface area (TPSA) is 134 Å². The zero-order valence-corrected chi connectivity index (χ0v) is 14.1. The second kappa shape index (κ2) is 7.97. The lowest BCUT2D eigenvalue weighted by atomic mass is 10.1. The second-order valence-corrected chi connectivity index (χ2v) is 5.23. The summed E-state index contributed by atoms with van der Waals surface area (Å²) in [5.41, 5.74) is 6.05. The Morgan fingerprint density at radius 3 is 2.50 bits per heavy atom. The molecular weight excluding hydrogens is 342 g/mol. The van der Waals surface area contributed by atoms with Gasteiger partial charge in [-0.05, 0) is 29.8 Å². The number of anilines is 1. The lowest BCUT2D eigenvalue weighted by Gasteiger charge is -2.11. The number of primary amides is 1. The van der Waals surface area contributed by atoms with Crippen molar-refractivity contribution in [2.24, 2.45) is 5.73 Å². The Kier molecular flexibility index (Phi) is 5.74. The number of ether oxygens (including phenoxy) is 2. The molecule has 26 heavy (non-hydrogen) atoms. The summed E-state index contributed by atoms with van der Waals surface area (Å²) in [6.45, 7) is 0.199. The van der Waals surface area contributed by atoms with Gasteiger partial charge in [0, 0.05) is 18.2 Å². The first-order valence-corrected chi connectivity index (χ1v) is 7.44. The van der Waals surface area contributed by atoms with Crippen molar-refractivity contribution in [2.45, 2.75) is 6.54 Å². The van der Waals surface area contributed by atoms with Gasteiger partial charge in [-0.15, -0.1) is 0 Å². The number of nitrogens with one attached hydrogen (secondary N) is 1. The van der Waals surface area contributed by atoms with Crippen LogP contribution in [0.15, 0.2) is 36.4 Å². The lowest BCUT2D eigenvalue weighted by molar-refractivity contribution is -0.384. The van der Waals surface area contributed by atoms with E-state index in [0.717, 1.165) is 6.07 Å². The normalized spacial score (nSPS) is 10.1. The zero-order chi connectivity index (χ0) is 19.3. The molecule has 9 nitrogen and oxygen atoms in total. The first kappa shape index (κ1) is 18.7. The standard InChI is InChI=1S/C17H17N3O6/c1-25-15-6-3-10(7-12(15)17(22)26-2)9-19-13-5-4-11(16(18)21)8-14(13)20(23)24/h3-8,19H,9H2,1-2H3,(H2,18,21). The van der Waals surface area contributed by atoms with Crippen LogP contribution in [-0.4, -0.2) is 31.0 Å². The van der Waals surface area contributed by atoms with E-state index < -0.39 is 16.8 Å². The lowest BCUT2D eigenvalue weighted by Crippen LogP contribution is -2.12. The molecule has 0 saturated carbocycles. The molecular formula is C17H17N3O6. The van der Waals surface area contributed by atoms with Crippen LogP contribution in [0.3, 0.4) is 0 Å². The van der Waals surface area contributed by atoms with E-state index in [4.69, 9.17) is 15.2 Å². The van der Waals surface area contributed by atoms with Gasteiger partial charge in [-0.2, -0.15) is 0 Å². The minimum absolute atomic E-state index is 0.0414. The number of hydrogen-bond donors (Lipinski definition) is 2. The van der Waals surface area contributed by atoms with Gasteiger partial charge in [0.15, 0.2) is 0 Å². The fourth-order valence-corrected chi connectivity index (χ4v) is 2.32. The number of amides is 1. The number of nitro benzene ring substituents is 1. The van der Waals surface area contributed by atoms with Gasteiger partial charge in [0.2, 0.25) is 5.91 Å². The molecule has 0 bridgehead atoms. The summed E-state index contributed by atoms with van der Waals surface area (Å²) in [6.07, 6.45) is 0. The summed E-state index contributed by atoms with van der Waals surface area (Å²) in [5.74, 6) is -0.949. The maximum absolute atomic E-state index is 11.8. The average molecular weight is 359 g/mol. The fraction of sp³-hybridized carbons (Fsp3) is 0.176. The SMILES string of the molecule is COC(=O)c1cc(CNc2ccc(C(N)=O)cc2[N+](=O)[O-])ccc1OC. The van der Waals surface area contributed by atoms with Crippen LogP contribution in [0, 0.1) is 10.1 Å². The molecule has 1 amide bonds. The monoisotopic (exact) mass is 359 g/mol. The highest BCUT2D eigenvalue weighted by molar-refractivity contribution is 5.94. The maximum Gasteiger partial charge on any atom is 0.341 e. The summed E-state index contributed by atoms with van der Waals surface area (Å²) in [5, 5.41) is 14.1. The molecule has 3 N–H and O–H groups in total. The third kappa shape index (κ3) is 4.07. The average Bonchev–Trinajstić information content (AvgIpc) is 2.65. The number of hydrogen-bond acceptors (Lipinski definition) is 7. The molecule has 2 aromatic rings. The molecule has 0 saturated heterocycles. The molecule has 0 spiro atoms. The van der Waals surface area contributed by atoms with Gasteiger partial charge in [0.05, 0.1) is 19.1 Å². The van der Waals surface area contributed by atoms with Gasteiger partial charge in [-0.25, -0.2) is 4.79 Å². The van der Waals surface area contributed by atoms with Gasteiger partial charge in [0.25, 0.3) is 5.69 Å². The van der Waals surface area contributed by atoms with Crippen molar-refractivity contribution >= 4 is 23.3 Å². The number of carbonyl (C=O) groups excluding carboxylic acids is 2. The maximum atomic E-state index is 11.8. The predicted molar refractivity (Wildman–Crippen MR) is 93.3 cm³/mol. The van der Waals surface area contributed by atoms with Crippen molar-refractivity contribution in [1.29, 1.82) is 0 Å². The molecule has 0 atom stereocenters. The largest absolute Gasteiger partial charge is 0.496 e. The third-order valence-corrected chi connectivity index (χ3v) is 3.63. The Balaban J connectivity index is 2.27. The van der Waals surface area contributed by atoms with E-state index in [1.54, 1.807) is 18.2 Å². The molecule has 0 aliphatic rings. The minimum atomic E-state index is -0.752. The van der Waals surface area contributed by atoms with Crippen molar-refractivity contribution in [2.75, 3.05) is 19.5 Å². The Labute approximate surface area is 148 Å². The number of esters is 1. The predicted octanol–water partition coefficient (Wildman–Crippen LogP) is 2.10. The molecule has 2 rings (SSSR count). The quantitative estimate of drug-likeness (QED) is 0.439. The van der Waals surface area contributed by atoms with E-state index in [1.807, 2.05) is 0 Å². The number of benzene rings is 2. The van der Waals surface area contributed by atoms with Crippen LogP contribution in [0.25, 0.3) is 0 Å². The fourth-order valence-electron chi connectivity index (χ4n) is 2.32. The van der Waals surface area contributed by atoms with E-state index in [1.165, 1.54) is 26.4 Å². The first-order chi connectivity index (χ1) is 12.4. The van der Waals surface area contributed by atoms with E-state index in [0.29, 0.717) is 11.3 Å². The third-order valence-electron chi connectivity index (χ3n) is 3.63. The Bertz CT molecular complexity index is 866. The van der Waals surface area contributed by atoms with Crippen molar-refractivity contribution in [1.82, 2.24) is 0 Å². The molecule has 0 radical (unpaired) electrons. The Morgan fingerprint density at radius 2 is 1.92 bits per heavy atom. The van der Waals surface area contributed by atoms with E-state index in [9.17, 15) is 19.7 Å². The molecule has 0 heterocycles. The Morgan fingerprint density at radius 1 is 1.19 bits per heavy atom. The number of nitro groups is 1. The smallest absolute Gasteiger partial charge is 0.341 e. The van der Waals surface area contributed by atoms with Crippen LogP contribution < -0.4 is 15.8 Å². The van der Waals surface area contributed by atoms with E-state index in [-0.39, 0.29) is 29.0 Å². The van der Waals surface area contributed by atoms with Gasteiger partial charge in [0.1, 0.15) is 17.0 Å². The van der Waals surface area contributed by atoms with Crippen molar-refractivity contribution in [3.8, 4) is 5.75 Å². The minimum Gasteiger partial charge on any atom is -0.496 e. The van der Waals surface area contributed by atoms with Gasteiger partial charge in [-0.3, -0.25) is 14.9 Å². The van der Waals surface area contributed by atoms with Crippen LogP contribution in [0.1, 0.15) is 26.3 Å². The van der Waals surface area contributed by atoms with Crippen LogP contribution in [-0.2, 0) is 11.3 Å². The highest BCUT2D eigenvalue weighted by Gasteiger charge is 2.17. The van der Waals surface area contributed by atoms with Crippen molar-refractivity contribution < 1.29 is 24.0 Å². The molecule has 9 heteroatoms. The van der Waals surface area contributed by atoms with Gasteiger partial charge in [-0.1, -0.05) is 6.07 Å². The number of methoxy groups -OCH3 is 2. The van der Waals surface area contributed by atoms with Crippen LogP contribution >= 0.6 is 0 Å². The number of nitrogens with two attached hydrogens (primary N) is 1. The molecule has 136 valence electrons.